The number of allylic oxidation sites excluding steroid dienone is 10. The minimum atomic E-state index is 0.0480. The number of aliphatic imine (C=N–C) groups is 3. The van der Waals surface area contributed by atoms with E-state index in [-0.39, 0.29) is 5.92 Å². The fraction of sp³-hybridized carbons (Fsp3) is 0.375. The van der Waals surface area contributed by atoms with Crippen LogP contribution in [0.2, 0.25) is 0 Å². The molecule has 3 aliphatic rings. The third kappa shape index (κ3) is 9.45. The van der Waals surface area contributed by atoms with Crippen LogP contribution in [-0.4, -0.2) is 18.2 Å². The van der Waals surface area contributed by atoms with Gasteiger partial charge in [0.1, 0.15) is 0 Å². The van der Waals surface area contributed by atoms with E-state index >= 15 is 0 Å². The molecule has 33 heavy (non-hydrogen) atoms. The third-order valence-electron chi connectivity index (χ3n) is 5.01. The Balaban J connectivity index is 0.000000247. The highest BCUT2D eigenvalue weighted by atomic mass is 35.5. The van der Waals surface area contributed by atoms with Crippen molar-refractivity contribution in [3.63, 3.8) is 0 Å². The standard InChI is InChI=1S/3C8H8ClNO/c3*1-6-7(9)3-2-4-8(6)10-5-11/h4H,2-3H2,1H3;3H,2,4H2,1H3;3-4,6H,2H2,1H3. The summed E-state index contributed by atoms with van der Waals surface area (Å²) in [5.74, 6) is 0.0480. The summed E-state index contributed by atoms with van der Waals surface area (Å²) in [7, 11) is 0. The first-order valence-corrected chi connectivity index (χ1v) is 11.3. The van der Waals surface area contributed by atoms with Crippen LogP contribution in [0.25, 0.3) is 0 Å². The Labute approximate surface area is 208 Å². The van der Waals surface area contributed by atoms with Crippen molar-refractivity contribution in [3.8, 4) is 0 Å². The van der Waals surface area contributed by atoms with Gasteiger partial charge in [-0.15, -0.1) is 0 Å². The van der Waals surface area contributed by atoms with Crippen molar-refractivity contribution >= 4 is 53.0 Å². The molecular weight excluding hydrogens is 485 g/mol. The fourth-order valence-corrected chi connectivity index (χ4v) is 3.61. The molecule has 0 fully saturated rings. The number of carbonyl (C=O) groups excluding carboxylic acids is 3. The van der Waals surface area contributed by atoms with E-state index in [1.807, 2.05) is 45.1 Å². The van der Waals surface area contributed by atoms with E-state index < -0.39 is 0 Å². The second-order valence-electron chi connectivity index (χ2n) is 7.11. The Morgan fingerprint density at radius 1 is 0.818 bits per heavy atom. The zero-order valence-electron chi connectivity index (χ0n) is 18.6. The van der Waals surface area contributed by atoms with Gasteiger partial charge in [0.2, 0.25) is 18.2 Å². The van der Waals surface area contributed by atoms with Gasteiger partial charge in [-0.2, -0.15) is 15.0 Å². The van der Waals surface area contributed by atoms with Gasteiger partial charge in [0, 0.05) is 21.0 Å². The molecule has 0 N–H and O–H groups in total. The Morgan fingerprint density at radius 2 is 1.45 bits per heavy atom. The van der Waals surface area contributed by atoms with Gasteiger partial charge in [0.25, 0.3) is 0 Å². The predicted octanol–water partition coefficient (Wildman–Crippen LogP) is 7.39. The van der Waals surface area contributed by atoms with E-state index in [1.165, 1.54) is 18.2 Å². The summed E-state index contributed by atoms with van der Waals surface area (Å²) in [5, 5.41) is 2.24. The molecule has 0 spiro atoms. The number of rotatable bonds is 3. The number of hydrogen-bond acceptors (Lipinski definition) is 6. The van der Waals surface area contributed by atoms with Crippen molar-refractivity contribution in [3.05, 3.63) is 67.6 Å². The van der Waals surface area contributed by atoms with E-state index in [0.29, 0.717) is 16.4 Å². The van der Waals surface area contributed by atoms with Crippen molar-refractivity contribution in [2.75, 3.05) is 0 Å². The summed E-state index contributed by atoms with van der Waals surface area (Å²) in [4.78, 5) is 40.4. The average Bonchev–Trinajstić information content (AvgIpc) is 2.79. The van der Waals surface area contributed by atoms with Crippen LogP contribution in [0.1, 0.15) is 52.9 Å². The molecule has 0 aliphatic heterocycles. The monoisotopic (exact) mass is 507 g/mol. The van der Waals surface area contributed by atoms with E-state index in [4.69, 9.17) is 34.8 Å². The smallest absolute Gasteiger partial charge is 0.211 e. The van der Waals surface area contributed by atoms with Gasteiger partial charge in [0.05, 0.1) is 17.1 Å². The van der Waals surface area contributed by atoms with Gasteiger partial charge in [-0.05, 0) is 57.1 Å². The maximum Gasteiger partial charge on any atom is 0.240 e. The maximum absolute atomic E-state index is 9.94. The van der Waals surface area contributed by atoms with Crippen LogP contribution < -0.4 is 0 Å². The Hall–Kier alpha value is -2.55. The molecule has 0 heterocycles. The van der Waals surface area contributed by atoms with Gasteiger partial charge in [-0.25, -0.2) is 14.4 Å². The summed E-state index contributed by atoms with van der Waals surface area (Å²) in [6.07, 6.45) is 16.3. The zero-order valence-corrected chi connectivity index (χ0v) is 20.9. The first-order chi connectivity index (χ1) is 15.8. The number of hydrogen-bond donors (Lipinski definition) is 0. The average molecular weight is 509 g/mol. The van der Waals surface area contributed by atoms with Crippen LogP contribution >= 0.6 is 34.8 Å². The molecule has 0 aromatic carbocycles. The van der Waals surface area contributed by atoms with Crippen LogP contribution in [-0.2, 0) is 14.4 Å². The number of isocyanates is 3. The lowest BCUT2D eigenvalue weighted by Gasteiger charge is -2.13. The quantitative estimate of drug-likeness (QED) is 0.294. The van der Waals surface area contributed by atoms with Gasteiger partial charge >= 0.3 is 0 Å². The lowest BCUT2D eigenvalue weighted by molar-refractivity contribution is 0.563. The van der Waals surface area contributed by atoms with E-state index in [1.54, 1.807) is 0 Å². The molecule has 1 unspecified atom stereocenters. The molecule has 6 nitrogen and oxygen atoms in total. The van der Waals surface area contributed by atoms with Gasteiger partial charge < -0.3 is 0 Å². The number of nitrogens with zero attached hydrogens (tertiary/aromatic N) is 3. The summed E-state index contributed by atoms with van der Waals surface area (Å²) >= 11 is 17.5. The molecule has 0 bridgehead atoms. The lowest BCUT2D eigenvalue weighted by Crippen LogP contribution is -2.01. The lowest BCUT2D eigenvalue weighted by atomic mass is 10.0. The molecular formula is C24H24Cl3N3O3. The first kappa shape index (κ1) is 28.5. The normalized spacial score (nSPS) is 19.4. The predicted molar refractivity (Wildman–Crippen MR) is 132 cm³/mol. The molecule has 3 rings (SSSR count). The Kier molecular flexibility index (Phi) is 13.2. The van der Waals surface area contributed by atoms with Crippen LogP contribution in [0, 0.1) is 5.92 Å². The minimum Gasteiger partial charge on any atom is -0.211 e. The van der Waals surface area contributed by atoms with Crippen molar-refractivity contribution < 1.29 is 14.4 Å². The van der Waals surface area contributed by atoms with Crippen molar-refractivity contribution in [1.82, 2.24) is 0 Å². The molecule has 0 radical (unpaired) electrons. The summed E-state index contributed by atoms with van der Waals surface area (Å²) < 4.78 is 0. The highest BCUT2D eigenvalue weighted by Gasteiger charge is 2.14. The topological polar surface area (TPSA) is 88.3 Å². The molecule has 1 atom stereocenters. The van der Waals surface area contributed by atoms with Gasteiger partial charge in [-0.1, -0.05) is 66.0 Å². The van der Waals surface area contributed by atoms with Crippen LogP contribution in [0.4, 0.5) is 0 Å². The highest BCUT2D eigenvalue weighted by molar-refractivity contribution is 6.32. The maximum atomic E-state index is 9.94. The van der Waals surface area contributed by atoms with Crippen molar-refractivity contribution in [2.45, 2.75) is 52.9 Å². The molecule has 3 aliphatic carbocycles. The van der Waals surface area contributed by atoms with E-state index in [0.717, 1.165) is 59.0 Å². The Bertz CT molecular complexity index is 1080. The fourth-order valence-electron chi connectivity index (χ4n) is 2.98. The summed E-state index contributed by atoms with van der Waals surface area (Å²) in [5.41, 5.74) is 3.92. The van der Waals surface area contributed by atoms with E-state index in [2.05, 4.69) is 15.0 Å². The van der Waals surface area contributed by atoms with Crippen LogP contribution in [0.15, 0.2) is 82.6 Å². The Morgan fingerprint density at radius 3 is 2.09 bits per heavy atom. The largest absolute Gasteiger partial charge is 0.240 e. The first-order valence-electron chi connectivity index (χ1n) is 10.2. The third-order valence-corrected chi connectivity index (χ3v) is 6.40. The summed E-state index contributed by atoms with van der Waals surface area (Å²) in [6, 6.07) is 0. The minimum absolute atomic E-state index is 0.0480. The van der Waals surface area contributed by atoms with Crippen molar-refractivity contribution in [2.24, 2.45) is 20.9 Å². The summed E-state index contributed by atoms with van der Waals surface area (Å²) in [6.45, 7) is 5.62. The van der Waals surface area contributed by atoms with Crippen LogP contribution in [0.3, 0.4) is 0 Å². The second-order valence-corrected chi connectivity index (χ2v) is 8.40. The molecule has 0 amide bonds. The van der Waals surface area contributed by atoms with Crippen LogP contribution in [0.5, 0.6) is 0 Å². The molecule has 0 aromatic rings. The molecule has 174 valence electrons. The molecule has 0 saturated carbocycles. The second kappa shape index (κ2) is 15.3. The van der Waals surface area contributed by atoms with E-state index in [9.17, 15) is 14.4 Å². The highest BCUT2D eigenvalue weighted by Crippen LogP contribution is 2.29. The van der Waals surface area contributed by atoms with Gasteiger partial charge in [-0.3, -0.25) is 0 Å². The molecule has 0 aromatic heterocycles. The molecule has 9 heteroatoms. The number of halogens is 3. The van der Waals surface area contributed by atoms with Crippen molar-refractivity contribution in [1.29, 1.82) is 0 Å². The SMILES string of the molecule is CC1=C(Cl)CCC=C1N=C=O.CC1=C(N=C=O)CCC=C1Cl.CC1C(Cl)=CCC=C1N=C=O. The molecule has 0 saturated heterocycles. The zero-order chi connectivity index (χ0) is 24.8. The van der Waals surface area contributed by atoms with Gasteiger partial charge in [0.15, 0.2) is 0 Å².